The SMILES string of the molecule is N#Cc1ccc(C[C@@H](NC(=O)[C@@H]2CCC(=O)N2)C(=O)O)cc1. The van der Waals surface area contributed by atoms with E-state index >= 15 is 0 Å². The number of benzene rings is 1. The molecule has 0 unspecified atom stereocenters. The van der Waals surface area contributed by atoms with Crippen LogP contribution in [-0.4, -0.2) is 35.0 Å². The Balaban J connectivity index is 2.00. The fourth-order valence-corrected chi connectivity index (χ4v) is 2.23. The molecule has 3 N–H and O–H groups in total. The number of nitrogens with one attached hydrogen (secondary N) is 2. The van der Waals surface area contributed by atoms with Crippen molar-refractivity contribution in [1.82, 2.24) is 10.6 Å². The van der Waals surface area contributed by atoms with Crippen LogP contribution < -0.4 is 10.6 Å². The maximum atomic E-state index is 12.0. The van der Waals surface area contributed by atoms with Crippen molar-refractivity contribution in [2.24, 2.45) is 0 Å². The molecule has 0 aromatic heterocycles. The van der Waals surface area contributed by atoms with Gasteiger partial charge in [-0.15, -0.1) is 0 Å². The Bertz CT molecular complexity index is 633. The van der Waals surface area contributed by atoms with Crippen molar-refractivity contribution >= 4 is 17.8 Å². The van der Waals surface area contributed by atoms with E-state index in [0.717, 1.165) is 0 Å². The molecule has 1 aromatic carbocycles. The lowest BCUT2D eigenvalue weighted by atomic mass is 10.0. The first-order chi connectivity index (χ1) is 10.5. The summed E-state index contributed by atoms with van der Waals surface area (Å²) >= 11 is 0. The molecule has 0 saturated carbocycles. The van der Waals surface area contributed by atoms with Gasteiger partial charge in [0.2, 0.25) is 11.8 Å². The lowest BCUT2D eigenvalue weighted by molar-refractivity contribution is -0.142. The van der Waals surface area contributed by atoms with Gasteiger partial charge in [-0.1, -0.05) is 12.1 Å². The van der Waals surface area contributed by atoms with Crippen molar-refractivity contribution in [3.63, 3.8) is 0 Å². The molecule has 0 bridgehead atoms. The van der Waals surface area contributed by atoms with Crippen molar-refractivity contribution in [3.8, 4) is 6.07 Å². The summed E-state index contributed by atoms with van der Waals surface area (Å²) < 4.78 is 0. The smallest absolute Gasteiger partial charge is 0.326 e. The highest BCUT2D eigenvalue weighted by atomic mass is 16.4. The summed E-state index contributed by atoms with van der Waals surface area (Å²) in [6.45, 7) is 0. The molecule has 2 rings (SSSR count). The normalized spacial score (nSPS) is 18.1. The van der Waals surface area contributed by atoms with Crippen LogP contribution >= 0.6 is 0 Å². The number of aliphatic carboxylic acids is 1. The van der Waals surface area contributed by atoms with Gasteiger partial charge in [0.05, 0.1) is 11.6 Å². The van der Waals surface area contributed by atoms with Crippen LogP contribution in [0.5, 0.6) is 0 Å². The standard InChI is InChI=1S/C15H15N3O4/c16-8-10-3-1-9(2-4-10)7-12(15(21)22)18-14(20)11-5-6-13(19)17-11/h1-4,11-12H,5-7H2,(H,17,19)(H,18,20)(H,21,22)/t11-,12+/m0/s1. The minimum Gasteiger partial charge on any atom is -0.480 e. The third-order valence-electron chi connectivity index (χ3n) is 3.45. The molecule has 1 aliphatic heterocycles. The molecule has 1 aromatic rings. The summed E-state index contributed by atoms with van der Waals surface area (Å²) in [4.78, 5) is 34.3. The van der Waals surface area contributed by atoms with Crippen LogP contribution in [0.4, 0.5) is 0 Å². The van der Waals surface area contributed by atoms with E-state index in [0.29, 0.717) is 17.5 Å². The molecule has 7 heteroatoms. The minimum absolute atomic E-state index is 0.105. The minimum atomic E-state index is -1.15. The summed E-state index contributed by atoms with van der Waals surface area (Å²) in [7, 11) is 0. The molecule has 0 radical (unpaired) electrons. The number of hydrogen-bond donors (Lipinski definition) is 3. The van der Waals surface area contributed by atoms with Gasteiger partial charge in [0, 0.05) is 12.8 Å². The molecule has 1 saturated heterocycles. The Morgan fingerprint density at radius 2 is 2.09 bits per heavy atom. The zero-order chi connectivity index (χ0) is 16.1. The summed E-state index contributed by atoms with van der Waals surface area (Å²) in [5.41, 5.74) is 1.18. The van der Waals surface area contributed by atoms with Crippen molar-refractivity contribution in [1.29, 1.82) is 5.26 Å². The van der Waals surface area contributed by atoms with Gasteiger partial charge in [0.1, 0.15) is 12.1 Å². The molecule has 7 nitrogen and oxygen atoms in total. The largest absolute Gasteiger partial charge is 0.480 e. The lowest BCUT2D eigenvalue weighted by Crippen LogP contribution is -2.49. The average Bonchev–Trinajstić information content (AvgIpc) is 2.94. The number of amides is 2. The molecular weight excluding hydrogens is 286 g/mol. The fraction of sp³-hybridized carbons (Fsp3) is 0.333. The van der Waals surface area contributed by atoms with Crippen LogP contribution in [0.1, 0.15) is 24.0 Å². The molecule has 2 amide bonds. The van der Waals surface area contributed by atoms with E-state index in [9.17, 15) is 19.5 Å². The van der Waals surface area contributed by atoms with E-state index in [2.05, 4.69) is 10.6 Å². The van der Waals surface area contributed by atoms with E-state index in [-0.39, 0.29) is 18.7 Å². The molecule has 1 aliphatic rings. The highest BCUT2D eigenvalue weighted by Crippen LogP contribution is 2.09. The molecule has 22 heavy (non-hydrogen) atoms. The second-order valence-electron chi connectivity index (χ2n) is 5.07. The number of carbonyl (C=O) groups excluding carboxylic acids is 2. The third kappa shape index (κ3) is 3.82. The van der Waals surface area contributed by atoms with Gasteiger partial charge in [-0.3, -0.25) is 9.59 Å². The lowest BCUT2D eigenvalue weighted by Gasteiger charge is -2.17. The maximum Gasteiger partial charge on any atom is 0.326 e. The predicted octanol–water partition coefficient (Wildman–Crippen LogP) is -0.0512. The predicted molar refractivity (Wildman–Crippen MR) is 75.6 cm³/mol. The van der Waals surface area contributed by atoms with Crippen LogP contribution in [0.15, 0.2) is 24.3 Å². The molecule has 0 aliphatic carbocycles. The zero-order valence-electron chi connectivity index (χ0n) is 11.7. The van der Waals surface area contributed by atoms with E-state index in [1.54, 1.807) is 24.3 Å². The summed E-state index contributed by atoms with van der Waals surface area (Å²) in [6, 6.07) is 6.70. The van der Waals surface area contributed by atoms with E-state index < -0.39 is 24.0 Å². The molecule has 1 fully saturated rings. The fourth-order valence-electron chi connectivity index (χ4n) is 2.23. The Labute approximate surface area is 126 Å². The Morgan fingerprint density at radius 3 is 2.59 bits per heavy atom. The number of nitrogens with zero attached hydrogens (tertiary/aromatic N) is 1. The van der Waals surface area contributed by atoms with Gasteiger partial charge in [0.25, 0.3) is 0 Å². The van der Waals surface area contributed by atoms with Crippen LogP contribution in [0, 0.1) is 11.3 Å². The third-order valence-corrected chi connectivity index (χ3v) is 3.45. The van der Waals surface area contributed by atoms with Gasteiger partial charge >= 0.3 is 5.97 Å². The number of carbonyl (C=O) groups is 3. The maximum absolute atomic E-state index is 12.0. The first-order valence-corrected chi connectivity index (χ1v) is 6.81. The average molecular weight is 301 g/mol. The summed E-state index contributed by atoms with van der Waals surface area (Å²) in [5, 5.41) is 22.9. The van der Waals surface area contributed by atoms with Gasteiger partial charge in [-0.2, -0.15) is 5.26 Å². The van der Waals surface area contributed by atoms with Crippen LogP contribution in [0.2, 0.25) is 0 Å². The number of carboxylic acids is 1. The van der Waals surface area contributed by atoms with Gasteiger partial charge in [-0.25, -0.2) is 4.79 Å². The molecule has 0 spiro atoms. The highest BCUT2D eigenvalue weighted by molar-refractivity contribution is 5.92. The van der Waals surface area contributed by atoms with Crippen molar-refractivity contribution in [2.45, 2.75) is 31.3 Å². The number of carboxylic acid groups (broad SMARTS) is 1. The number of nitriles is 1. The van der Waals surface area contributed by atoms with Gasteiger partial charge < -0.3 is 15.7 Å². The van der Waals surface area contributed by atoms with E-state index in [4.69, 9.17) is 5.26 Å². The molecular formula is C15H15N3O4. The number of rotatable bonds is 5. The number of hydrogen-bond acceptors (Lipinski definition) is 4. The quantitative estimate of drug-likeness (QED) is 0.704. The Hall–Kier alpha value is -2.88. The van der Waals surface area contributed by atoms with Crippen LogP contribution in [-0.2, 0) is 20.8 Å². The van der Waals surface area contributed by atoms with Crippen LogP contribution in [0.25, 0.3) is 0 Å². The Morgan fingerprint density at radius 1 is 1.41 bits per heavy atom. The van der Waals surface area contributed by atoms with Crippen molar-refractivity contribution in [3.05, 3.63) is 35.4 Å². The van der Waals surface area contributed by atoms with Gasteiger partial charge in [-0.05, 0) is 24.1 Å². The molecule has 114 valence electrons. The second kappa shape index (κ2) is 6.72. The highest BCUT2D eigenvalue weighted by Gasteiger charge is 2.30. The second-order valence-corrected chi connectivity index (χ2v) is 5.07. The molecule has 1 heterocycles. The van der Waals surface area contributed by atoms with E-state index in [1.807, 2.05) is 6.07 Å². The monoisotopic (exact) mass is 301 g/mol. The van der Waals surface area contributed by atoms with E-state index in [1.165, 1.54) is 0 Å². The topological polar surface area (TPSA) is 119 Å². The summed E-state index contributed by atoms with van der Waals surface area (Å²) in [6.07, 6.45) is 0.743. The van der Waals surface area contributed by atoms with Crippen molar-refractivity contribution < 1.29 is 19.5 Å². The first-order valence-electron chi connectivity index (χ1n) is 6.81. The molecule has 2 atom stereocenters. The van der Waals surface area contributed by atoms with Crippen LogP contribution in [0.3, 0.4) is 0 Å². The van der Waals surface area contributed by atoms with Crippen molar-refractivity contribution in [2.75, 3.05) is 0 Å². The zero-order valence-corrected chi connectivity index (χ0v) is 11.7. The van der Waals surface area contributed by atoms with Gasteiger partial charge in [0.15, 0.2) is 0 Å². The Kier molecular flexibility index (Phi) is 4.73. The first kappa shape index (κ1) is 15.5. The summed E-state index contributed by atoms with van der Waals surface area (Å²) in [5.74, 6) is -1.85.